The molecule has 2 nitrogen and oxygen atoms in total. The topological polar surface area (TPSA) is 34.1 Å². The van der Waals surface area contributed by atoms with Crippen LogP contribution in [0.15, 0.2) is 21.7 Å². The average Bonchev–Trinajstić information content (AvgIpc) is 2.61. The van der Waals surface area contributed by atoms with Crippen LogP contribution in [0.5, 0.6) is 0 Å². The summed E-state index contributed by atoms with van der Waals surface area (Å²) in [7, 11) is 0. The van der Waals surface area contributed by atoms with Crippen molar-refractivity contribution >= 4 is 34.8 Å². The van der Waals surface area contributed by atoms with E-state index in [1.165, 1.54) is 76.7 Å². The fourth-order valence-corrected chi connectivity index (χ4v) is 3.51. The zero-order valence-corrected chi connectivity index (χ0v) is 17.1. The first-order chi connectivity index (χ1) is 12.1. The van der Waals surface area contributed by atoms with E-state index in [0.717, 1.165) is 12.8 Å². The number of Topliss-reactive ketones (excluding diaryl/α,β-unsaturated/α-hetero) is 1. The molecule has 0 bridgehead atoms. The second-order valence-corrected chi connectivity index (χ2v) is 7.74. The number of carbonyl (C=O) groups is 2. The van der Waals surface area contributed by atoms with E-state index in [9.17, 15) is 9.59 Å². The minimum atomic E-state index is -0.351. The summed E-state index contributed by atoms with van der Waals surface area (Å²) in [4.78, 5) is 23.5. The van der Waals surface area contributed by atoms with Crippen LogP contribution in [-0.4, -0.2) is 11.6 Å². The van der Waals surface area contributed by atoms with E-state index in [0.29, 0.717) is 12.0 Å². The highest BCUT2D eigenvalue weighted by atomic mass is 35.5. The van der Waals surface area contributed by atoms with Gasteiger partial charge in [0.05, 0.1) is 0 Å². The first kappa shape index (κ1) is 22.4. The lowest BCUT2D eigenvalue weighted by Crippen LogP contribution is -2.14. The number of carbonyl (C=O) groups excluding carboxylic acids is 2. The molecule has 0 unspecified atom stereocenters. The van der Waals surface area contributed by atoms with Gasteiger partial charge in [0.1, 0.15) is 10.1 Å². The smallest absolute Gasteiger partial charge is 0.202 e. The third kappa shape index (κ3) is 9.06. The molecule has 4 heteroatoms. The number of allylic oxidation sites excluding steroid dienone is 4. The molecule has 25 heavy (non-hydrogen) atoms. The Labute approximate surface area is 163 Å². The Bertz CT molecular complexity index is 492. The Hall–Kier alpha value is -0.600. The van der Waals surface area contributed by atoms with Gasteiger partial charge in [-0.05, 0) is 18.9 Å². The fourth-order valence-electron chi connectivity index (χ4n) is 3.15. The summed E-state index contributed by atoms with van der Waals surface area (Å²) in [6.07, 6.45) is 18.7. The molecule has 0 radical (unpaired) electrons. The lowest BCUT2D eigenvalue weighted by atomic mass is 9.97. The molecule has 0 saturated carbocycles. The molecule has 0 aliphatic heterocycles. The van der Waals surface area contributed by atoms with Gasteiger partial charge in [0.2, 0.25) is 5.78 Å². The van der Waals surface area contributed by atoms with Crippen molar-refractivity contribution < 1.29 is 9.59 Å². The van der Waals surface area contributed by atoms with Crippen molar-refractivity contribution in [2.24, 2.45) is 0 Å². The Balaban J connectivity index is 1.97. The Morgan fingerprint density at radius 1 is 0.680 bits per heavy atom. The van der Waals surface area contributed by atoms with E-state index < -0.39 is 0 Å². The van der Waals surface area contributed by atoms with Crippen LogP contribution in [0.25, 0.3) is 0 Å². The molecule has 0 amide bonds. The quantitative estimate of drug-likeness (QED) is 0.233. The summed E-state index contributed by atoms with van der Waals surface area (Å²) in [6.45, 7) is 2.26. The van der Waals surface area contributed by atoms with Gasteiger partial charge >= 0.3 is 0 Å². The summed E-state index contributed by atoms with van der Waals surface area (Å²) < 4.78 is 0. The number of halogens is 2. The maximum absolute atomic E-state index is 11.9. The SMILES string of the molecule is CCCCCCCCCCCCCCCC1=CC(=O)C(Cl)=C(Cl)C1=O. The lowest BCUT2D eigenvalue weighted by molar-refractivity contribution is -0.115. The van der Waals surface area contributed by atoms with Crippen LogP contribution in [0.1, 0.15) is 96.8 Å². The van der Waals surface area contributed by atoms with Gasteiger partial charge in [0.25, 0.3) is 0 Å². The molecular formula is C21H32Cl2O2. The first-order valence-corrected chi connectivity index (χ1v) is 10.7. The largest absolute Gasteiger partial charge is 0.288 e. The predicted octanol–water partition coefficient (Wildman–Crippen LogP) is 7.24. The van der Waals surface area contributed by atoms with Gasteiger partial charge in [0, 0.05) is 5.57 Å². The van der Waals surface area contributed by atoms with E-state index in [2.05, 4.69) is 6.92 Å². The monoisotopic (exact) mass is 386 g/mol. The summed E-state index contributed by atoms with van der Waals surface area (Å²) in [6, 6.07) is 0. The Morgan fingerprint density at radius 3 is 1.60 bits per heavy atom. The number of unbranched alkanes of at least 4 members (excludes halogenated alkanes) is 12. The molecule has 1 aliphatic carbocycles. The van der Waals surface area contributed by atoms with Gasteiger partial charge in [-0.2, -0.15) is 0 Å². The number of rotatable bonds is 14. The van der Waals surface area contributed by atoms with Gasteiger partial charge in [-0.15, -0.1) is 0 Å². The van der Waals surface area contributed by atoms with Crippen LogP contribution in [0.3, 0.4) is 0 Å². The molecule has 1 aliphatic rings. The molecule has 0 aromatic carbocycles. The normalized spacial score (nSPS) is 15.1. The van der Waals surface area contributed by atoms with Crippen molar-refractivity contribution in [3.05, 3.63) is 21.7 Å². The molecule has 0 aromatic heterocycles. The number of hydrogen-bond donors (Lipinski definition) is 0. The van der Waals surface area contributed by atoms with Gasteiger partial charge in [-0.3, -0.25) is 9.59 Å². The zero-order chi connectivity index (χ0) is 18.5. The van der Waals surface area contributed by atoms with E-state index in [4.69, 9.17) is 23.2 Å². The molecule has 0 fully saturated rings. The van der Waals surface area contributed by atoms with Crippen LogP contribution < -0.4 is 0 Å². The summed E-state index contributed by atoms with van der Waals surface area (Å²) in [5, 5.41) is -0.278. The lowest BCUT2D eigenvalue weighted by Gasteiger charge is -2.11. The maximum atomic E-state index is 11.9. The predicted molar refractivity (Wildman–Crippen MR) is 107 cm³/mol. The second kappa shape index (κ2) is 13.6. The molecular weight excluding hydrogens is 355 g/mol. The van der Waals surface area contributed by atoms with Crippen LogP contribution >= 0.6 is 23.2 Å². The Kier molecular flexibility index (Phi) is 12.2. The standard InChI is InChI=1S/C21H32Cl2O2/c1-2-3-4-5-6-7-8-9-10-11-12-13-14-15-17-16-18(24)19(22)20(23)21(17)25/h16H,2-15H2,1H3. The van der Waals surface area contributed by atoms with Crippen LogP contribution in [0, 0.1) is 0 Å². The molecule has 0 aromatic rings. The van der Waals surface area contributed by atoms with Gasteiger partial charge < -0.3 is 0 Å². The van der Waals surface area contributed by atoms with E-state index in [1.807, 2.05) is 0 Å². The highest BCUT2D eigenvalue weighted by molar-refractivity contribution is 6.58. The van der Waals surface area contributed by atoms with Gasteiger partial charge in [-0.1, -0.05) is 107 Å². The van der Waals surface area contributed by atoms with Crippen molar-refractivity contribution in [1.29, 1.82) is 0 Å². The highest BCUT2D eigenvalue weighted by Crippen LogP contribution is 2.27. The average molecular weight is 387 g/mol. The van der Waals surface area contributed by atoms with Gasteiger partial charge in [-0.25, -0.2) is 0 Å². The number of ketones is 2. The Morgan fingerprint density at radius 2 is 1.12 bits per heavy atom. The van der Waals surface area contributed by atoms with Crippen LogP contribution in [0.4, 0.5) is 0 Å². The number of hydrogen-bond acceptors (Lipinski definition) is 2. The minimum absolute atomic E-state index is 0.126. The third-order valence-electron chi connectivity index (χ3n) is 4.76. The van der Waals surface area contributed by atoms with Crippen LogP contribution in [0.2, 0.25) is 0 Å². The zero-order valence-electron chi connectivity index (χ0n) is 15.5. The molecule has 0 saturated heterocycles. The summed E-state index contributed by atoms with van der Waals surface area (Å²) >= 11 is 11.5. The van der Waals surface area contributed by atoms with Crippen molar-refractivity contribution in [2.75, 3.05) is 0 Å². The molecule has 0 spiro atoms. The van der Waals surface area contributed by atoms with E-state index in [-0.39, 0.29) is 21.6 Å². The summed E-state index contributed by atoms with van der Waals surface area (Å²) in [5.74, 6) is -0.638. The van der Waals surface area contributed by atoms with E-state index >= 15 is 0 Å². The molecule has 1 rings (SSSR count). The van der Waals surface area contributed by atoms with Crippen molar-refractivity contribution in [3.63, 3.8) is 0 Å². The van der Waals surface area contributed by atoms with Crippen molar-refractivity contribution in [3.8, 4) is 0 Å². The van der Waals surface area contributed by atoms with Crippen molar-refractivity contribution in [1.82, 2.24) is 0 Å². The minimum Gasteiger partial charge on any atom is -0.288 e. The molecule has 142 valence electrons. The second-order valence-electron chi connectivity index (χ2n) is 6.98. The maximum Gasteiger partial charge on any atom is 0.202 e. The molecule has 0 atom stereocenters. The fraction of sp³-hybridized carbons (Fsp3) is 0.714. The first-order valence-electron chi connectivity index (χ1n) is 9.92. The van der Waals surface area contributed by atoms with E-state index in [1.54, 1.807) is 0 Å². The van der Waals surface area contributed by atoms with Crippen molar-refractivity contribution in [2.45, 2.75) is 96.8 Å². The van der Waals surface area contributed by atoms with Crippen LogP contribution in [-0.2, 0) is 9.59 Å². The third-order valence-corrected chi connectivity index (χ3v) is 5.59. The molecule has 0 N–H and O–H groups in total. The molecule has 0 heterocycles. The highest BCUT2D eigenvalue weighted by Gasteiger charge is 2.25. The van der Waals surface area contributed by atoms with Gasteiger partial charge in [0.15, 0.2) is 5.78 Å². The summed E-state index contributed by atoms with van der Waals surface area (Å²) in [5.41, 5.74) is 0.502.